The second-order valence-corrected chi connectivity index (χ2v) is 7.20. The summed E-state index contributed by atoms with van der Waals surface area (Å²) in [5, 5.41) is 4.83. The Morgan fingerprint density at radius 3 is 2.81 bits per heavy atom. The standard InChI is InChI=1S/C15H21N3O2S/c1-15(2)13(19)18(14(20)16-15)9-8-17-7-3-5-11(17)12-6-4-10-21-12/h4,6,10-11H,3,5,7-9H2,1-2H3,(H,16,20)/t11-/m0/s1. The van der Waals surface area contributed by atoms with Crippen molar-refractivity contribution in [1.82, 2.24) is 15.1 Å². The minimum Gasteiger partial charge on any atom is -0.324 e. The molecular weight excluding hydrogens is 286 g/mol. The van der Waals surface area contributed by atoms with Gasteiger partial charge in [-0.15, -0.1) is 11.3 Å². The Kier molecular flexibility index (Phi) is 3.75. The molecule has 21 heavy (non-hydrogen) atoms. The molecule has 0 spiro atoms. The number of hydrogen-bond donors (Lipinski definition) is 1. The largest absolute Gasteiger partial charge is 0.325 e. The lowest BCUT2D eigenvalue weighted by molar-refractivity contribution is -0.130. The van der Waals surface area contributed by atoms with E-state index in [-0.39, 0.29) is 11.9 Å². The Balaban J connectivity index is 1.63. The number of carbonyl (C=O) groups excluding carboxylic acids is 2. The predicted molar refractivity (Wildman–Crippen MR) is 82.2 cm³/mol. The van der Waals surface area contributed by atoms with Crippen LogP contribution in [0.15, 0.2) is 17.5 Å². The first kappa shape index (κ1) is 14.5. The Morgan fingerprint density at radius 1 is 1.38 bits per heavy atom. The molecule has 0 bridgehead atoms. The molecule has 6 heteroatoms. The molecule has 0 aromatic carbocycles. The van der Waals surface area contributed by atoms with E-state index >= 15 is 0 Å². The number of amides is 3. The highest BCUT2D eigenvalue weighted by Crippen LogP contribution is 2.34. The SMILES string of the molecule is CC1(C)NC(=O)N(CCN2CCC[C@H]2c2cccs2)C1=O. The van der Waals surface area contributed by atoms with Crippen LogP contribution in [0.1, 0.15) is 37.6 Å². The van der Waals surface area contributed by atoms with E-state index in [1.165, 1.54) is 16.2 Å². The zero-order valence-electron chi connectivity index (χ0n) is 12.5. The van der Waals surface area contributed by atoms with Crippen molar-refractivity contribution >= 4 is 23.3 Å². The molecular formula is C15H21N3O2S. The fourth-order valence-corrected chi connectivity index (χ4v) is 4.04. The quantitative estimate of drug-likeness (QED) is 0.868. The lowest BCUT2D eigenvalue weighted by Crippen LogP contribution is -2.41. The maximum atomic E-state index is 12.2. The first-order valence-corrected chi connectivity index (χ1v) is 8.28. The molecule has 2 aliphatic heterocycles. The van der Waals surface area contributed by atoms with Gasteiger partial charge in [-0.2, -0.15) is 0 Å². The van der Waals surface area contributed by atoms with Crippen molar-refractivity contribution in [3.63, 3.8) is 0 Å². The number of nitrogens with zero attached hydrogens (tertiary/aromatic N) is 2. The van der Waals surface area contributed by atoms with Crippen molar-refractivity contribution in [2.75, 3.05) is 19.6 Å². The molecule has 0 unspecified atom stereocenters. The highest BCUT2D eigenvalue weighted by Gasteiger charge is 2.44. The molecule has 1 aromatic heterocycles. The van der Waals surface area contributed by atoms with Gasteiger partial charge in [-0.3, -0.25) is 14.6 Å². The van der Waals surface area contributed by atoms with Crippen LogP contribution in [0.5, 0.6) is 0 Å². The summed E-state index contributed by atoms with van der Waals surface area (Å²) >= 11 is 1.78. The van der Waals surface area contributed by atoms with Crippen LogP contribution >= 0.6 is 11.3 Å². The molecule has 2 fully saturated rings. The van der Waals surface area contributed by atoms with Crippen molar-refractivity contribution in [3.8, 4) is 0 Å². The summed E-state index contributed by atoms with van der Waals surface area (Å²) in [5.41, 5.74) is -0.769. The normalized spacial score (nSPS) is 25.6. The Morgan fingerprint density at radius 2 is 2.19 bits per heavy atom. The summed E-state index contributed by atoms with van der Waals surface area (Å²) in [4.78, 5) is 29.2. The summed E-state index contributed by atoms with van der Waals surface area (Å²) in [6.45, 7) is 5.75. The van der Waals surface area contributed by atoms with Gasteiger partial charge in [0.05, 0.1) is 0 Å². The molecule has 3 amide bonds. The molecule has 2 aliphatic rings. The minimum atomic E-state index is -0.769. The van der Waals surface area contributed by atoms with E-state index in [4.69, 9.17) is 0 Å². The number of likely N-dealkylation sites (tertiary alicyclic amines) is 1. The maximum absolute atomic E-state index is 12.2. The Hall–Kier alpha value is -1.40. The van der Waals surface area contributed by atoms with Crippen molar-refractivity contribution in [3.05, 3.63) is 22.4 Å². The third-order valence-corrected chi connectivity index (χ3v) is 5.26. The van der Waals surface area contributed by atoms with E-state index in [0.29, 0.717) is 12.6 Å². The minimum absolute atomic E-state index is 0.126. The van der Waals surface area contributed by atoms with Crippen LogP contribution in [-0.2, 0) is 4.79 Å². The van der Waals surface area contributed by atoms with E-state index in [1.54, 1.807) is 25.2 Å². The molecule has 114 valence electrons. The van der Waals surface area contributed by atoms with Gasteiger partial charge in [0, 0.05) is 24.0 Å². The number of urea groups is 1. The smallest absolute Gasteiger partial charge is 0.324 e. The first-order valence-electron chi connectivity index (χ1n) is 7.40. The molecule has 0 radical (unpaired) electrons. The lowest BCUT2D eigenvalue weighted by Gasteiger charge is -2.25. The van der Waals surface area contributed by atoms with Crippen LogP contribution in [0.25, 0.3) is 0 Å². The number of rotatable bonds is 4. The van der Waals surface area contributed by atoms with Crippen molar-refractivity contribution in [1.29, 1.82) is 0 Å². The summed E-state index contributed by atoms with van der Waals surface area (Å²) in [5.74, 6) is -0.126. The van der Waals surface area contributed by atoms with Gasteiger partial charge in [-0.1, -0.05) is 6.07 Å². The van der Waals surface area contributed by atoms with Gasteiger partial charge in [-0.05, 0) is 44.7 Å². The lowest BCUT2D eigenvalue weighted by atomic mass is 10.1. The number of carbonyl (C=O) groups is 2. The van der Waals surface area contributed by atoms with Crippen LogP contribution in [0.2, 0.25) is 0 Å². The first-order chi connectivity index (χ1) is 9.99. The van der Waals surface area contributed by atoms with Crippen LogP contribution in [-0.4, -0.2) is 46.9 Å². The monoisotopic (exact) mass is 307 g/mol. The second kappa shape index (κ2) is 5.42. The van der Waals surface area contributed by atoms with Gasteiger partial charge in [0.15, 0.2) is 0 Å². The van der Waals surface area contributed by atoms with Crippen LogP contribution in [0.4, 0.5) is 4.79 Å². The van der Waals surface area contributed by atoms with E-state index < -0.39 is 5.54 Å². The van der Waals surface area contributed by atoms with Crippen LogP contribution in [0.3, 0.4) is 0 Å². The molecule has 0 aliphatic carbocycles. The molecule has 3 rings (SSSR count). The number of hydrogen-bond acceptors (Lipinski definition) is 4. The van der Waals surface area contributed by atoms with Gasteiger partial charge in [0.2, 0.25) is 0 Å². The summed E-state index contributed by atoms with van der Waals surface area (Å²) in [6.07, 6.45) is 2.33. The van der Waals surface area contributed by atoms with Crippen molar-refractivity contribution in [2.24, 2.45) is 0 Å². The average molecular weight is 307 g/mol. The fraction of sp³-hybridized carbons (Fsp3) is 0.600. The van der Waals surface area contributed by atoms with E-state index in [0.717, 1.165) is 19.5 Å². The molecule has 5 nitrogen and oxygen atoms in total. The second-order valence-electron chi connectivity index (χ2n) is 6.22. The number of nitrogens with one attached hydrogen (secondary N) is 1. The molecule has 3 heterocycles. The number of thiophene rings is 1. The Bertz CT molecular complexity index is 541. The third kappa shape index (κ3) is 2.70. The summed E-state index contributed by atoms with van der Waals surface area (Å²) in [7, 11) is 0. The van der Waals surface area contributed by atoms with Gasteiger partial charge in [-0.25, -0.2) is 4.79 Å². The van der Waals surface area contributed by atoms with Gasteiger partial charge in [0.25, 0.3) is 5.91 Å². The summed E-state index contributed by atoms with van der Waals surface area (Å²) in [6, 6.07) is 4.43. The van der Waals surface area contributed by atoms with Crippen molar-refractivity contribution in [2.45, 2.75) is 38.3 Å². The molecule has 1 aromatic rings. The van der Waals surface area contributed by atoms with E-state index in [1.807, 2.05) is 0 Å². The Labute approximate surface area is 128 Å². The molecule has 1 N–H and O–H groups in total. The zero-order valence-corrected chi connectivity index (χ0v) is 13.3. The van der Waals surface area contributed by atoms with E-state index in [9.17, 15) is 9.59 Å². The highest BCUT2D eigenvalue weighted by atomic mass is 32.1. The molecule has 2 saturated heterocycles. The van der Waals surface area contributed by atoms with Crippen LogP contribution in [0, 0.1) is 0 Å². The number of imide groups is 1. The van der Waals surface area contributed by atoms with Gasteiger partial charge in [0.1, 0.15) is 5.54 Å². The fourth-order valence-electron chi connectivity index (χ4n) is 3.15. The zero-order chi connectivity index (χ0) is 15.0. The van der Waals surface area contributed by atoms with Gasteiger partial charge >= 0.3 is 6.03 Å². The average Bonchev–Trinajstić information content (AvgIpc) is 3.10. The van der Waals surface area contributed by atoms with Gasteiger partial charge < -0.3 is 5.32 Å². The molecule has 0 saturated carbocycles. The molecule has 1 atom stereocenters. The predicted octanol–water partition coefficient (Wildman–Crippen LogP) is 2.22. The van der Waals surface area contributed by atoms with Crippen LogP contribution < -0.4 is 5.32 Å². The third-order valence-electron chi connectivity index (χ3n) is 4.29. The summed E-state index contributed by atoms with van der Waals surface area (Å²) < 4.78 is 0. The van der Waals surface area contributed by atoms with Crippen molar-refractivity contribution < 1.29 is 9.59 Å². The van der Waals surface area contributed by atoms with E-state index in [2.05, 4.69) is 27.7 Å². The topological polar surface area (TPSA) is 52.7 Å². The maximum Gasteiger partial charge on any atom is 0.325 e. The highest BCUT2D eigenvalue weighted by molar-refractivity contribution is 7.10.